The average Bonchev–Trinajstić information content (AvgIpc) is 2.47. The van der Waals surface area contributed by atoms with Crippen LogP contribution < -0.4 is 9.47 Å². The molecule has 1 unspecified atom stereocenters. The molecule has 0 radical (unpaired) electrons. The van der Waals surface area contributed by atoms with Crippen LogP contribution in [0.5, 0.6) is 17.2 Å². The maximum absolute atomic E-state index is 12.0. The van der Waals surface area contributed by atoms with Crippen molar-refractivity contribution in [3.05, 3.63) is 53.6 Å². The van der Waals surface area contributed by atoms with Crippen LogP contribution in [0, 0.1) is 5.41 Å². The molecule has 2 aromatic rings. The van der Waals surface area contributed by atoms with Crippen LogP contribution in [0.1, 0.15) is 20.8 Å². The number of alkyl halides is 1. The second kappa shape index (κ2) is 7.24. The number of Topliss-reactive ketones (excluding diaryl/α,β-unsaturated/α-hetero) is 1. The molecule has 0 saturated heterocycles. The van der Waals surface area contributed by atoms with Crippen LogP contribution in [0.15, 0.2) is 48.5 Å². The maximum Gasteiger partial charge on any atom is 0.230 e. The number of rotatable bonds is 5. The fraction of sp³-hybridized carbons (Fsp3) is 0.278. The first-order valence-corrected chi connectivity index (χ1v) is 7.96. The van der Waals surface area contributed by atoms with Crippen molar-refractivity contribution in [2.24, 2.45) is 5.41 Å². The number of hydrogen-bond donors (Lipinski definition) is 0. The number of hydrogen-bond acceptors (Lipinski definition) is 3. The molecule has 0 aromatic heterocycles. The van der Waals surface area contributed by atoms with Crippen molar-refractivity contribution < 1.29 is 14.3 Å². The Hall–Kier alpha value is -1.71. The first-order chi connectivity index (χ1) is 10.8. The van der Waals surface area contributed by atoms with Gasteiger partial charge in [-0.1, -0.05) is 50.0 Å². The minimum Gasteiger partial charge on any atom is -0.467 e. The molecule has 0 fully saturated rings. The molecule has 0 aliphatic heterocycles. The van der Waals surface area contributed by atoms with Crippen molar-refractivity contribution in [3.8, 4) is 17.2 Å². The molecule has 0 aliphatic carbocycles. The van der Waals surface area contributed by atoms with E-state index in [1.54, 1.807) is 57.2 Å². The van der Waals surface area contributed by atoms with Crippen molar-refractivity contribution in [3.63, 3.8) is 0 Å². The highest BCUT2D eigenvalue weighted by atomic mass is 35.5. The van der Waals surface area contributed by atoms with E-state index in [0.29, 0.717) is 22.3 Å². The predicted molar refractivity (Wildman–Crippen MR) is 92.7 cm³/mol. The molecule has 0 N–H and O–H groups in total. The fourth-order valence-corrected chi connectivity index (χ4v) is 2.38. The largest absolute Gasteiger partial charge is 0.467 e. The van der Waals surface area contributed by atoms with Gasteiger partial charge in [0.2, 0.25) is 5.56 Å². The third kappa shape index (κ3) is 5.15. The highest BCUT2D eigenvalue weighted by molar-refractivity contribution is 6.31. The Morgan fingerprint density at radius 3 is 2.17 bits per heavy atom. The minimum atomic E-state index is -1.02. The van der Waals surface area contributed by atoms with E-state index >= 15 is 0 Å². The summed E-state index contributed by atoms with van der Waals surface area (Å²) in [4.78, 5) is 12.0. The summed E-state index contributed by atoms with van der Waals surface area (Å²) in [7, 11) is 0. The van der Waals surface area contributed by atoms with Gasteiger partial charge in [-0.15, -0.1) is 0 Å². The number of carbonyl (C=O) groups excluding carboxylic acids is 1. The second-order valence-corrected chi connectivity index (χ2v) is 6.91. The van der Waals surface area contributed by atoms with Crippen molar-refractivity contribution in [1.29, 1.82) is 0 Å². The zero-order valence-electron chi connectivity index (χ0n) is 13.2. The number of carbonyl (C=O) groups is 1. The van der Waals surface area contributed by atoms with Crippen molar-refractivity contribution in [2.45, 2.75) is 26.3 Å². The van der Waals surface area contributed by atoms with E-state index in [0.717, 1.165) is 0 Å². The molecule has 0 amide bonds. The SMILES string of the molecule is CC(C)(C)C(=O)C(Cl)Oc1ccc(Oc2cccc(Cl)c2)cc1. The van der Waals surface area contributed by atoms with Gasteiger partial charge in [-0.25, -0.2) is 0 Å². The van der Waals surface area contributed by atoms with Gasteiger partial charge >= 0.3 is 0 Å². The predicted octanol–water partition coefficient (Wildman–Crippen LogP) is 5.69. The summed E-state index contributed by atoms with van der Waals surface area (Å²) >= 11 is 11.9. The fourth-order valence-electron chi connectivity index (χ4n) is 1.77. The summed E-state index contributed by atoms with van der Waals surface area (Å²) in [5, 5.41) is 0.605. The van der Waals surface area contributed by atoms with Crippen molar-refractivity contribution >= 4 is 29.0 Å². The molecule has 3 nitrogen and oxygen atoms in total. The van der Waals surface area contributed by atoms with Gasteiger partial charge in [0.1, 0.15) is 17.2 Å². The summed E-state index contributed by atoms with van der Waals surface area (Å²) in [5.74, 6) is 1.61. The van der Waals surface area contributed by atoms with Crippen LogP contribution in [-0.4, -0.2) is 11.3 Å². The highest BCUT2D eigenvalue weighted by Gasteiger charge is 2.29. The molecule has 1 atom stereocenters. The molecule has 0 spiro atoms. The molecule has 0 heterocycles. The number of halogens is 2. The lowest BCUT2D eigenvalue weighted by atomic mass is 9.91. The van der Waals surface area contributed by atoms with E-state index in [1.807, 2.05) is 12.1 Å². The Bertz CT molecular complexity index is 675. The van der Waals surface area contributed by atoms with Gasteiger partial charge in [-0.2, -0.15) is 0 Å². The van der Waals surface area contributed by atoms with Crippen LogP contribution >= 0.6 is 23.2 Å². The van der Waals surface area contributed by atoms with Crippen LogP contribution in [0.25, 0.3) is 0 Å². The van der Waals surface area contributed by atoms with Gasteiger partial charge in [0.15, 0.2) is 5.78 Å². The van der Waals surface area contributed by atoms with Gasteiger partial charge in [0.05, 0.1) is 0 Å². The molecule has 0 bridgehead atoms. The molecule has 5 heteroatoms. The molecule has 23 heavy (non-hydrogen) atoms. The Kier molecular flexibility index (Phi) is 5.55. The average molecular weight is 353 g/mol. The van der Waals surface area contributed by atoms with Gasteiger partial charge in [0.25, 0.3) is 0 Å². The van der Waals surface area contributed by atoms with E-state index in [2.05, 4.69) is 0 Å². The summed E-state index contributed by atoms with van der Waals surface area (Å²) in [6.45, 7) is 5.40. The normalized spacial score (nSPS) is 12.6. The van der Waals surface area contributed by atoms with Crippen LogP contribution in [-0.2, 0) is 4.79 Å². The summed E-state index contributed by atoms with van der Waals surface area (Å²) in [5.41, 5.74) is -1.57. The van der Waals surface area contributed by atoms with E-state index in [4.69, 9.17) is 32.7 Å². The maximum atomic E-state index is 12.0. The lowest BCUT2D eigenvalue weighted by molar-refractivity contribution is -0.130. The molecule has 0 aliphatic rings. The second-order valence-electron chi connectivity index (χ2n) is 6.08. The van der Waals surface area contributed by atoms with Gasteiger partial charge in [0, 0.05) is 10.4 Å². The number of ketones is 1. The quantitative estimate of drug-likeness (QED) is 0.648. The lowest BCUT2D eigenvalue weighted by Gasteiger charge is -2.21. The number of ether oxygens (including phenoxy) is 2. The zero-order valence-corrected chi connectivity index (χ0v) is 14.7. The smallest absolute Gasteiger partial charge is 0.230 e. The Balaban J connectivity index is 2.01. The summed E-state index contributed by atoms with van der Waals surface area (Å²) in [6, 6.07) is 14.0. The van der Waals surface area contributed by atoms with Crippen LogP contribution in [0.3, 0.4) is 0 Å². The third-order valence-corrected chi connectivity index (χ3v) is 3.56. The molecule has 2 rings (SSSR count). The Labute approximate surface area is 146 Å². The van der Waals surface area contributed by atoms with Crippen molar-refractivity contribution in [2.75, 3.05) is 0 Å². The first kappa shape index (κ1) is 17.6. The Morgan fingerprint density at radius 2 is 1.61 bits per heavy atom. The topological polar surface area (TPSA) is 35.5 Å². The van der Waals surface area contributed by atoms with E-state index in [9.17, 15) is 4.79 Å². The molecule has 2 aromatic carbocycles. The lowest BCUT2D eigenvalue weighted by Crippen LogP contribution is -2.32. The van der Waals surface area contributed by atoms with Gasteiger partial charge in [-0.3, -0.25) is 4.79 Å². The van der Waals surface area contributed by atoms with E-state index in [-0.39, 0.29) is 5.78 Å². The first-order valence-electron chi connectivity index (χ1n) is 7.14. The van der Waals surface area contributed by atoms with Crippen molar-refractivity contribution in [1.82, 2.24) is 0 Å². The standard InChI is InChI=1S/C18H18Cl2O3/c1-18(2,3)16(21)17(20)23-14-9-7-13(8-10-14)22-15-6-4-5-12(19)11-15/h4-11,17H,1-3H3. The van der Waals surface area contributed by atoms with E-state index in [1.165, 1.54) is 0 Å². The van der Waals surface area contributed by atoms with Crippen LogP contribution in [0.4, 0.5) is 0 Å². The van der Waals surface area contributed by atoms with Crippen LogP contribution in [0.2, 0.25) is 5.02 Å². The van der Waals surface area contributed by atoms with Gasteiger partial charge < -0.3 is 9.47 Å². The minimum absolute atomic E-state index is 0.168. The molecular formula is C18H18Cl2O3. The summed E-state index contributed by atoms with van der Waals surface area (Å²) in [6.07, 6.45) is 0. The number of benzene rings is 2. The monoisotopic (exact) mass is 352 g/mol. The zero-order chi connectivity index (χ0) is 17.0. The van der Waals surface area contributed by atoms with Gasteiger partial charge in [-0.05, 0) is 42.5 Å². The Morgan fingerprint density at radius 1 is 1.00 bits per heavy atom. The molecule has 0 saturated carbocycles. The third-order valence-electron chi connectivity index (χ3n) is 3.04. The van der Waals surface area contributed by atoms with E-state index < -0.39 is 11.0 Å². The molecule has 122 valence electrons. The molecular weight excluding hydrogens is 335 g/mol. The highest BCUT2D eigenvalue weighted by Crippen LogP contribution is 2.27. The summed E-state index contributed by atoms with van der Waals surface area (Å²) < 4.78 is 11.1.